The number of nitrogens with zero attached hydrogens (tertiary/aromatic N) is 1. The number of carbonyl (C=O) groups excluding carboxylic acids is 1. The molecule has 5 heteroatoms. The van der Waals surface area contributed by atoms with Gasteiger partial charge in [0.2, 0.25) is 0 Å². The molecule has 0 radical (unpaired) electrons. The highest BCUT2D eigenvalue weighted by atomic mass is 32.1. The Labute approximate surface area is 145 Å². The van der Waals surface area contributed by atoms with Gasteiger partial charge in [0.15, 0.2) is 0 Å². The number of pyridine rings is 1. The van der Waals surface area contributed by atoms with Crippen LogP contribution < -0.4 is 5.48 Å². The molecule has 0 saturated carbocycles. The molecule has 0 unspecified atom stereocenters. The van der Waals surface area contributed by atoms with Gasteiger partial charge in [-0.3, -0.25) is 9.63 Å². The minimum absolute atomic E-state index is 0.212. The van der Waals surface area contributed by atoms with Gasteiger partial charge in [-0.15, -0.1) is 11.3 Å². The van der Waals surface area contributed by atoms with Gasteiger partial charge in [-0.1, -0.05) is 37.3 Å². The number of thiophene rings is 1. The zero-order valence-electron chi connectivity index (χ0n) is 14.3. The number of hydroxylamine groups is 1. The Balaban J connectivity index is 2.30. The monoisotopic (exact) mass is 340 g/mol. The second kappa shape index (κ2) is 6.71. The van der Waals surface area contributed by atoms with Crippen molar-refractivity contribution in [3.05, 3.63) is 52.0 Å². The number of aromatic nitrogens is 1. The van der Waals surface area contributed by atoms with E-state index in [-0.39, 0.29) is 5.91 Å². The lowest BCUT2D eigenvalue weighted by Crippen LogP contribution is -2.21. The Morgan fingerprint density at radius 3 is 2.58 bits per heavy atom. The maximum atomic E-state index is 12.3. The van der Waals surface area contributed by atoms with Crippen LogP contribution in [0.15, 0.2) is 30.3 Å². The fraction of sp³-hybridized carbons (Fsp3) is 0.263. The number of carbonyl (C=O) groups is 1. The maximum absolute atomic E-state index is 12.3. The van der Waals surface area contributed by atoms with Gasteiger partial charge in [-0.05, 0) is 37.0 Å². The second-order valence-corrected chi connectivity index (χ2v) is 6.64. The second-order valence-electron chi connectivity index (χ2n) is 5.64. The molecule has 0 aliphatic carbocycles. The molecule has 1 aromatic carbocycles. The predicted octanol–water partition coefficient (Wildman–Crippen LogP) is 4.43. The molecule has 0 aliphatic rings. The molecule has 1 amide bonds. The number of hydrogen-bond donors (Lipinski definition) is 1. The summed E-state index contributed by atoms with van der Waals surface area (Å²) in [6.45, 7) is 6.20. The van der Waals surface area contributed by atoms with Crippen molar-refractivity contribution in [3.8, 4) is 11.1 Å². The lowest BCUT2D eigenvalue weighted by Gasteiger charge is -2.12. The highest BCUT2D eigenvalue weighted by molar-refractivity contribution is 7.20. The summed E-state index contributed by atoms with van der Waals surface area (Å²) in [5.74, 6) is -0.212. The van der Waals surface area contributed by atoms with Crippen LogP contribution in [0, 0.1) is 13.8 Å². The first-order valence-corrected chi connectivity index (χ1v) is 8.71. The highest BCUT2D eigenvalue weighted by Crippen LogP contribution is 2.38. The molecule has 0 atom stereocenters. The summed E-state index contributed by atoms with van der Waals surface area (Å²) in [6.07, 6.45) is 0.770. The molecule has 0 bridgehead atoms. The van der Waals surface area contributed by atoms with Gasteiger partial charge in [-0.25, -0.2) is 10.5 Å². The molecule has 2 aromatic heterocycles. The first-order chi connectivity index (χ1) is 11.6. The van der Waals surface area contributed by atoms with E-state index < -0.39 is 0 Å². The average molecular weight is 340 g/mol. The van der Waals surface area contributed by atoms with Crippen molar-refractivity contribution in [1.82, 2.24) is 10.5 Å². The first kappa shape index (κ1) is 16.6. The summed E-state index contributed by atoms with van der Waals surface area (Å²) in [7, 11) is 1.44. The third-order valence-corrected chi connectivity index (χ3v) is 5.31. The van der Waals surface area contributed by atoms with Gasteiger partial charge in [0.1, 0.15) is 9.71 Å². The van der Waals surface area contributed by atoms with Gasteiger partial charge >= 0.3 is 0 Å². The smallest absolute Gasteiger partial charge is 0.277 e. The zero-order chi connectivity index (χ0) is 17.3. The van der Waals surface area contributed by atoms with E-state index in [0.29, 0.717) is 4.88 Å². The van der Waals surface area contributed by atoms with Crippen LogP contribution >= 0.6 is 11.3 Å². The fourth-order valence-corrected chi connectivity index (χ4v) is 4.47. The summed E-state index contributed by atoms with van der Waals surface area (Å²) in [4.78, 5) is 23.4. The van der Waals surface area contributed by atoms with Crippen LogP contribution in [0.2, 0.25) is 0 Å². The summed E-state index contributed by atoms with van der Waals surface area (Å²) in [6, 6.07) is 10.3. The van der Waals surface area contributed by atoms with Crippen LogP contribution in [0.5, 0.6) is 0 Å². The Hall–Kier alpha value is -2.24. The molecule has 24 heavy (non-hydrogen) atoms. The van der Waals surface area contributed by atoms with Crippen molar-refractivity contribution in [2.45, 2.75) is 27.2 Å². The molecule has 3 rings (SSSR count). The van der Waals surface area contributed by atoms with Gasteiger partial charge in [0, 0.05) is 16.6 Å². The van der Waals surface area contributed by atoms with Crippen molar-refractivity contribution in [2.24, 2.45) is 0 Å². The number of benzene rings is 1. The van der Waals surface area contributed by atoms with Crippen LogP contribution in [0.25, 0.3) is 21.3 Å². The lowest BCUT2D eigenvalue weighted by atomic mass is 9.95. The van der Waals surface area contributed by atoms with E-state index in [2.05, 4.69) is 31.5 Å². The average Bonchev–Trinajstić information content (AvgIpc) is 2.94. The molecule has 2 heterocycles. The molecule has 4 nitrogen and oxygen atoms in total. The number of rotatable bonds is 4. The Bertz CT molecular complexity index is 901. The quantitative estimate of drug-likeness (QED) is 0.715. The third kappa shape index (κ3) is 2.70. The zero-order valence-corrected chi connectivity index (χ0v) is 15.1. The third-order valence-electron chi connectivity index (χ3n) is 4.19. The number of amides is 1. The number of hydrogen-bond acceptors (Lipinski definition) is 4. The van der Waals surface area contributed by atoms with E-state index in [1.807, 2.05) is 25.1 Å². The van der Waals surface area contributed by atoms with Gasteiger partial charge in [0.05, 0.1) is 7.11 Å². The van der Waals surface area contributed by atoms with Gasteiger partial charge in [0.25, 0.3) is 5.91 Å². The number of nitrogens with one attached hydrogen (secondary N) is 1. The molecule has 124 valence electrons. The number of fused-ring (bicyclic) bond motifs is 1. The van der Waals surface area contributed by atoms with Gasteiger partial charge < -0.3 is 0 Å². The van der Waals surface area contributed by atoms with Crippen molar-refractivity contribution in [2.75, 3.05) is 7.11 Å². The highest BCUT2D eigenvalue weighted by Gasteiger charge is 2.22. The van der Waals surface area contributed by atoms with Crippen LogP contribution in [-0.2, 0) is 11.3 Å². The fourth-order valence-electron chi connectivity index (χ4n) is 3.21. The van der Waals surface area contributed by atoms with Crippen LogP contribution in [0.4, 0.5) is 0 Å². The van der Waals surface area contributed by atoms with Crippen LogP contribution in [0.1, 0.15) is 33.4 Å². The Morgan fingerprint density at radius 2 is 1.96 bits per heavy atom. The van der Waals surface area contributed by atoms with E-state index in [0.717, 1.165) is 39.0 Å². The van der Waals surface area contributed by atoms with E-state index in [4.69, 9.17) is 9.82 Å². The van der Waals surface area contributed by atoms with E-state index in [1.54, 1.807) is 0 Å². The molecular formula is C19H20N2O2S. The lowest BCUT2D eigenvalue weighted by molar-refractivity contribution is 0.0541. The largest absolute Gasteiger partial charge is 0.285 e. The number of aryl methyl sites for hydroxylation is 3. The van der Waals surface area contributed by atoms with Crippen molar-refractivity contribution < 1.29 is 9.63 Å². The first-order valence-electron chi connectivity index (χ1n) is 7.89. The topological polar surface area (TPSA) is 51.2 Å². The van der Waals surface area contributed by atoms with E-state index in [1.165, 1.54) is 24.0 Å². The summed E-state index contributed by atoms with van der Waals surface area (Å²) in [5, 5.41) is 1.09. The Kier molecular flexibility index (Phi) is 4.64. The summed E-state index contributed by atoms with van der Waals surface area (Å²) < 4.78 is 0. The SMILES string of the molecule is CCc1c(C(=O)NOC)sc2nc(C)c(-c3ccccc3)c(C)c12. The van der Waals surface area contributed by atoms with Crippen molar-refractivity contribution in [1.29, 1.82) is 0 Å². The van der Waals surface area contributed by atoms with Crippen molar-refractivity contribution >= 4 is 27.5 Å². The standard InChI is InChI=1S/C19H20N2O2S/c1-5-14-16-11(2)15(13-9-7-6-8-10-13)12(3)20-19(16)24-17(14)18(22)21-23-4/h6-10H,5H2,1-4H3,(H,21,22). The minimum Gasteiger partial charge on any atom is -0.277 e. The normalized spacial score (nSPS) is 11.0. The van der Waals surface area contributed by atoms with Crippen LogP contribution in [0.3, 0.4) is 0 Å². The van der Waals surface area contributed by atoms with E-state index >= 15 is 0 Å². The molecule has 0 fully saturated rings. The molecule has 0 saturated heterocycles. The summed E-state index contributed by atoms with van der Waals surface area (Å²) >= 11 is 1.43. The maximum Gasteiger partial charge on any atom is 0.285 e. The molecule has 1 N–H and O–H groups in total. The molecule has 3 aromatic rings. The van der Waals surface area contributed by atoms with E-state index in [9.17, 15) is 4.79 Å². The Morgan fingerprint density at radius 1 is 1.25 bits per heavy atom. The molecular weight excluding hydrogens is 320 g/mol. The predicted molar refractivity (Wildman–Crippen MR) is 98.4 cm³/mol. The van der Waals surface area contributed by atoms with Crippen LogP contribution in [-0.4, -0.2) is 18.0 Å². The summed E-state index contributed by atoms with van der Waals surface area (Å²) in [5.41, 5.74) is 7.91. The minimum atomic E-state index is -0.212. The molecule has 0 spiro atoms. The molecule has 0 aliphatic heterocycles. The van der Waals surface area contributed by atoms with Gasteiger partial charge in [-0.2, -0.15) is 0 Å². The van der Waals surface area contributed by atoms with Crippen molar-refractivity contribution in [3.63, 3.8) is 0 Å².